The highest BCUT2D eigenvalue weighted by Gasteiger charge is 2.18. The van der Waals surface area contributed by atoms with Crippen LogP contribution in [0.3, 0.4) is 0 Å². The van der Waals surface area contributed by atoms with Crippen molar-refractivity contribution < 1.29 is 19.2 Å². The molecule has 0 saturated heterocycles. The second kappa shape index (κ2) is 6.91. The van der Waals surface area contributed by atoms with Crippen molar-refractivity contribution in [2.24, 2.45) is 5.73 Å². The summed E-state index contributed by atoms with van der Waals surface area (Å²) in [4.78, 5) is 26.6. The molecule has 2 N–H and O–H groups in total. The van der Waals surface area contributed by atoms with Crippen molar-refractivity contribution in [2.75, 3.05) is 7.11 Å². The number of nitro groups is 1. The van der Waals surface area contributed by atoms with Gasteiger partial charge in [-0.1, -0.05) is 0 Å². The molecule has 0 bridgehead atoms. The van der Waals surface area contributed by atoms with E-state index < -0.39 is 10.8 Å². The Bertz CT molecular complexity index is 1080. The van der Waals surface area contributed by atoms with E-state index in [2.05, 4.69) is 4.98 Å². The number of pyridine rings is 1. The molecule has 0 spiro atoms. The number of amides is 1. The van der Waals surface area contributed by atoms with E-state index in [0.717, 1.165) is 0 Å². The van der Waals surface area contributed by atoms with Crippen LogP contribution < -0.4 is 15.2 Å². The third kappa shape index (κ3) is 3.24. The van der Waals surface area contributed by atoms with Gasteiger partial charge >= 0.3 is 0 Å². The van der Waals surface area contributed by atoms with Crippen LogP contribution in [0.5, 0.6) is 17.2 Å². The minimum absolute atomic E-state index is 0.0280. The molecule has 0 fully saturated rings. The lowest BCUT2D eigenvalue weighted by Gasteiger charge is -2.14. The largest absolute Gasteiger partial charge is 0.496 e. The summed E-state index contributed by atoms with van der Waals surface area (Å²) in [7, 11) is 1.44. The van der Waals surface area contributed by atoms with Crippen molar-refractivity contribution in [1.82, 2.24) is 4.98 Å². The smallest absolute Gasteiger partial charge is 0.272 e. The third-order valence-corrected chi connectivity index (χ3v) is 4.41. The first-order valence-electron chi connectivity index (χ1n) is 8.02. The van der Waals surface area contributed by atoms with Gasteiger partial charge in [-0.05, 0) is 32.0 Å². The normalized spacial score (nSPS) is 10.6. The number of ether oxygens (including phenoxy) is 2. The Balaban J connectivity index is 2.13. The van der Waals surface area contributed by atoms with Crippen LogP contribution in [0, 0.1) is 24.0 Å². The topological polar surface area (TPSA) is 118 Å². The van der Waals surface area contributed by atoms with E-state index in [1.807, 2.05) is 0 Å². The van der Waals surface area contributed by atoms with Crippen molar-refractivity contribution in [3.63, 3.8) is 0 Å². The summed E-state index contributed by atoms with van der Waals surface area (Å²) >= 11 is 0. The molecule has 0 saturated carbocycles. The molecule has 8 nitrogen and oxygen atoms in total. The van der Waals surface area contributed by atoms with Crippen LogP contribution in [0.25, 0.3) is 10.9 Å². The van der Waals surface area contributed by atoms with Gasteiger partial charge in [-0.15, -0.1) is 0 Å². The van der Waals surface area contributed by atoms with Crippen molar-refractivity contribution >= 4 is 22.5 Å². The zero-order valence-electron chi connectivity index (χ0n) is 15.0. The number of nitrogens with two attached hydrogens (primary N) is 1. The van der Waals surface area contributed by atoms with E-state index in [0.29, 0.717) is 39.3 Å². The van der Waals surface area contributed by atoms with E-state index in [-0.39, 0.29) is 11.3 Å². The molecule has 0 aliphatic rings. The number of methoxy groups -OCH3 is 1. The molecule has 0 unspecified atom stereocenters. The minimum atomic E-state index is -0.633. The number of hydrogen-bond donors (Lipinski definition) is 1. The maximum Gasteiger partial charge on any atom is 0.272 e. The highest BCUT2D eigenvalue weighted by Crippen LogP contribution is 2.36. The standard InChI is InChI=1S/C19H17N3O5/c1-10-11(2)16(5-4-15(10)22(24)25)27-17-6-7-21-14-9-18(26-3)13(19(20)23)8-12(14)17/h4-9H,1-3H3,(H2,20,23). The van der Waals surface area contributed by atoms with E-state index in [1.165, 1.54) is 13.2 Å². The maximum atomic E-state index is 11.7. The molecule has 2 aromatic carbocycles. The van der Waals surface area contributed by atoms with E-state index >= 15 is 0 Å². The molecule has 138 valence electrons. The summed E-state index contributed by atoms with van der Waals surface area (Å²) in [5.41, 5.74) is 7.40. The number of benzene rings is 2. The number of fused-ring (bicyclic) bond motifs is 1. The molecule has 0 aliphatic carbocycles. The summed E-state index contributed by atoms with van der Waals surface area (Å²) in [5, 5.41) is 11.7. The first-order valence-corrected chi connectivity index (χ1v) is 8.02. The molecular formula is C19H17N3O5. The number of carbonyl (C=O) groups is 1. The third-order valence-electron chi connectivity index (χ3n) is 4.41. The molecule has 3 aromatic rings. The molecule has 1 amide bonds. The summed E-state index contributed by atoms with van der Waals surface area (Å²) < 4.78 is 11.2. The fourth-order valence-corrected chi connectivity index (χ4v) is 2.81. The monoisotopic (exact) mass is 367 g/mol. The lowest BCUT2D eigenvalue weighted by Crippen LogP contribution is -2.12. The van der Waals surface area contributed by atoms with Gasteiger partial charge in [0.2, 0.25) is 0 Å². The van der Waals surface area contributed by atoms with Gasteiger partial charge in [-0.3, -0.25) is 19.9 Å². The number of hydrogen-bond acceptors (Lipinski definition) is 6. The number of nitrogens with zero attached hydrogens (tertiary/aromatic N) is 2. The van der Waals surface area contributed by atoms with Crippen LogP contribution in [0.2, 0.25) is 0 Å². The predicted molar refractivity (Wildman–Crippen MR) is 99.5 cm³/mol. The quantitative estimate of drug-likeness (QED) is 0.543. The number of primary amides is 1. The van der Waals surface area contributed by atoms with Gasteiger partial charge < -0.3 is 15.2 Å². The predicted octanol–water partition coefficient (Wildman–Crippen LogP) is 3.66. The molecule has 0 atom stereocenters. The first-order chi connectivity index (χ1) is 12.8. The van der Waals surface area contributed by atoms with Crippen LogP contribution in [0.4, 0.5) is 5.69 Å². The Morgan fingerprint density at radius 2 is 1.85 bits per heavy atom. The lowest BCUT2D eigenvalue weighted by atomic mass is 10.1. The van der Waals surface area contributed by atoms with Gasteiger partial charge in [0.1, 0.15) is 17.2 Å². The first kappa shape index (κ1) is 18.1. The van der Waals surface area contributed by atoms with Gasteiger partial charge in [0, 0.05) is 34.8 Å². The Labute approximate surface area is 154 Å². The lowest BCUT2D eigenvalue weighted by molar-refractivity contribution is -0.385. The second-order valence-corrected chi connectivity index (χ2v) is 5.93. The Morgan fingerprint density at radius 1 is 1.11 bits per heavy atom. The van der Waals surface area contributed by atoms with Gasteiger partial charge in [-0.2, -0.15) is 0 Å². The Hall–Kier alpha value is -3.68. The van der Waals surface area contributed by atoms with Crippen LogP contribution in [0.1, 0.15) is 21.5 Å². The zero-order valence-corrected chi connectivity index (χ0v) is 15.0. The molecule has 0 radical (unpaired) electrons. The number of nitro benzene ring substituents is 1. The van der Waals surface area contributed by atoms with Gasteiger partial charge in [0.15, 0.2) is 0 Å². The fraction of sp³-hybridized carbons (Fsp3) is 0.158. The average Bonchev–Trinajstić information content (AvgIpc) is 2.64. The van der Waals surface area contributed by atoms with Crippen LogP contribution >= 0.6 is 0 Å². The molecule has 8 heteroatoms. The highest BCUT2D eigenvalue weighted by atomic mass is 16.6. The van der Waals surface area contributed by atoms with Gasteiger partial charge in [0.25, 0.3) is 11.6 Å². The maximum absolute atomic E-state index is 11.7. The van der Waals surface area contributed by atoms with Crippen LogP contribution in [0.15, 0.2) is 36.5 Å². The molecule has 1 aromatic heterocycles. The van der Waals surface area contributed by atoms with Crippen molar-refractivity contribution in [3.05, 3.63) is 63.3 Å². The molecule has 27 heavy (non-hydrogen) atoms. The van der Waals surface area contributed by atoms with E-state index in [1.54, 1.807) is 44.3 Å². The number of aromatic nitrogens is 1. The summed E-state index contributed by atoms with van der Waals surface area (Å²) in [5.74, 6) is 0.608. The van der Waals surface area contributed by atoms with Crippen LogP contribution in [-0.2, 0) is 0 Å². The second-order valence-electron chi connectivity index (χ2n) is 5.93. The SMILES string of the molecule is COc1cc2nccc(Oc3ccc([N+](=O)[O-])c(C)c3C)c2cc1C(N)=O. The summed E-state index contributed by atoms with van der Waals surface area (Å²) in [6.07, 6.45) is 1.56. The average molecular weight is 367 g/mol. The zero-order chi connectivity index (χ0) is 19.7. The van der Waals surface area contributed by atoms with E-state index in [9.17, 15) is 14.9 Å². The number of carbonyl (C=O) groups excluding carboxylic acids is 1. The van der Waals surface area contributed by atoms with Gasteiger partial charge in [0.05, 0.1) is 23.1 Å². The van der Waals surface area contributed by atoms with Crippen LogP contribution in [-0.4, -0.2) is 22.9 Å². The highest BCUT2D eigenvalue weighted by molar-refractivity contribution is 6.01. The Morgan fingerprint density at radius 3 is 2.48 bits per heavy atom. The summed E-state index contributed by atoms with van der Waals surface area (Å²) in [6.45, 7) is 3.42. The van der Waals surface area contributed by atoms with Crippen molar-refractivity contribution in [1.29, 1.82) is 0 Å². The van der Waals surface area contributed by atoms with E-state index in [4.69, 9.17) is 15.2 Å². The van der Waals surface area contributed by atoms with Crippen molar-refractivity contribution in [3.8, 4) is 17.2 Å². The molecule has 0 aliphatic heterocycles. The summed E-state index contributed by atoms with van der Waals surface area (Å²) in [6, 6.07) is 7.77. The Kier molecular flexibility index (Phi) is 4.64. The minimum Gasteiger partial charge on any atom is -0.496 e. The fourth-order valence-electron chi connectivity index (χ4n) is 2.81. The molecular weight excluding hydrogens is 350 g/mol. The molecule has 3 rings (SSSR count). The van der Waals surface area contributed by atoms with Gasteiger partial charge in [-0.25, -0.2) is 0 Å². The van der Waals surface area contributed by atoms with Crippen molar-refractivity contribution in [2.45, 2.75) is 13.8 Å². The molecule has 1 heterocycles. The number of rotatable bonds is 5.